The number of ether oxygens (including phenoxy) is 1. The zero-order valence-corrected chi connectivity index (χ0v) is 11.9. The Labute approximate surface area is 126 Å². The second-order valence-corrected chi connectivity index (χ2v) is 4.76. The number of carbonyl (C=O) groups is 1. The molecule has 2 rings (SSSR count). The van der Waals surface area contributed by atoms with Gasteiger partial charge in [-0.05, 0) is 24.3 Å². The number of carbonyl (C=O) groups excluding carboxylic acids is 1. The summed E-state index contributed by atoms with van der Waals surface area (Å²) in [5.74, 6) is 0.109. The summed E-state index contributed by atoms with van der Waals surface area (Å²) in [4.78, 5) is 11.8. The van der Waals surface area contributed by atoms with Crippen LogP contribution in [0.3, 0.4) is 0 Å². The Morgan fingerprint density at radius 2 is 1.90 bits per heavy atom. The predicted octanol–water partition coefficient (Wildman–Crippen LogP) is 3.59. The van der Waals surface area contributed by atoms with E-state index < -0.39 is 0 Å². The van der Waals surface area contributed by atoms with Crippen molar-refractivity contribution in [3.63, 3.8) is 0 Å². The number of hydrogen-bond acceptors (Lipinski definition) is 3. The number of hydrogen-bond donors (Lipinski definition) is 2. The van der Waals surface area contributed by atoms with Gasteiger partial charge >= 0.3 is 0 Å². The number of benzene rings is 2. The van der Waals surface area contributed by atoms with Crippen LogP contribution in [0, 0.1) is 0 Å². The number of halogens is 2. The lowest BCUT2D eigenvalue weighted by Gasteiger charge is -2.10. The third-order valence-corrected chi connectivity index (χ3v) is 3.32. The minimum atomic E-state index is -0.350. The normalized spacial score (nSPS) is 10.1. The van der Waals surface area contributed by atoms with E-state index in [-0.39, 0.29) is 12.5 Å². The maximum Gasteiger partial charge on any atom is 0.262 e. The second-order valence-electron chi connectivity index (χ2n) is 3.98. The van der Waals surface area contributed by atoms with E-state index >= 15 is 0 Å². The Morgan fingerprint density at radius 3 is 2.65 bits per heavy atom. The Kier molecular flexibility index (Phi) is 4.71. The molecule has 0 heterocycles. The fourth-order valence-corrected chi connectivity index (χ4v) is 1.89. The van der Waals surface area contributed by atoms with Crippen molar-refractivity contribution < 1.29 is 9.53 Å². The van der Waals surface area contributed by atoms with Gasteiger partial charge in [-0.15, -0.1) is 0 Å². The first-order valence-electron chi connectivity index (χ1n) is 5.79. The first-order valence-corrected chi connectivity index (χ1v) is 6.54. The van der Waals surface area contributed by atoms with Crippen LogP contribution in [0.2, 0.25) is 10.0 Å². The molecular formula is C14H12Cl2N2O2. The molecule has 0 aliphatic rings. The van der Waals surface area contributed by atoms with Crippen LogP contribution in [0.1, 0.15) is 0 Å². The maximum absolute atomic E-state index is 11.8. The molecule has 0 saturated heterocycles. The maximum atomic E-state index is 11.8. The summed E-state index contributed by atoms with van der Waals surface area (Å²) in [5, 5.41) is 3.29. The minimum Gasteiger partial charge on any atom is -0.482 e. The highest BCUT2D eigenvalue weighted by atomic mass is 35.5. The molecule has 0 atom stereocenters. The molecule has 0 fully saturated rings. The van der Waals surface area contributed by atoms with E-state index in [2.05, 4.69) is 5.32 Å². The molecule has 3 N–H and O–H groups in total. The summed E-state index contributed by atoms with van der Waals surface area (Å²) >= 11 is 11.8. The molecule has 0 aliphatic carbocycles. The zero-order valence-electron chi connectivity index (χ0n) is 10.4. The molecule has 2 aromatic rings. The van der Waals surface area contributed by atoms with Gasteiger partial charge in [0.05, 0.1) is 21.4 Å². The average Bonchev–Trinajstić information content (AvgIpc) is 2.43. The Balaban J connectivity index is 1.96. The number of para-hydroxylation sites is 2. The van der Waals surface area contributed by atoms with Crippen molar-refractivity contribution in [2.75, 3.05) is 17.7 Å². The van der Waals surface area contributed by atoms with Crippen LogP contribution >= 0.6 is 23.2 Å². The summed E-state index contributed by atoms with van der Waals surface area (Å²) in [6.45, 7) is -0.170. The van der Waals surface area contributed by atoms with Gasteiger partial charge in [-0.2, -0.15) is 0 Å². The van der Waals surface area contributed by atoms with Gasteiger partial charge in [0.15, 0.2) is 6.61 Å². The van der Waals surface area contributed by atoms with Gasteiger partial charge in [-0.1, -0.05) is 41.4 Å². The Morgan fingerprint density at radius 1 is 1.15 bits per heavy atom. The van der Waals surface area contributed by atoms with Crippen molar-refractivity contribution in [2.45, 2.75) is 0 Å². The van der Waals surface area contributed by atoms with Crippen molar-refractivity contribution in [3.8, 4) is 5.75 Å². The molecule has 2 aromatic carbocycles. The van der Waals surface area contributed by atoms with E-state index in [0.29, 0.717) is 27.2 Å². The zero-order chi connectivity index (χ0) is 14.5. The lowest BCUT2D eigenvalue weighted by molar-refractivity contribution is -0.118. The molecule has 6 heteroatoms. The SMILES string of the molecule is Nc1ccccc1OCC(=O)Nc1cccc(Cl)c1Cl. The standard InChI is InChI=1S/C14H12Cl2N2O2/c15-9-4-3-6-11(14(9)16)18-13(19)8-20-12-7-2-1-5-10(12)17/h1-7H,8,17H2,(H,18,19). The number of nitrogens with two attached hydrogens (primary N) is 1. The molecule has 0 aliphatic heterocycles. The molecule has 0 saturated carbocycles. The van der Waals surface area contributed by atoms with Crippen molar-refractivity contribution in [3.05, 3.63) is 52.5 Å². The van der Waals surface area contributed by atoms with Gasteiger partial charge in [0.25, 0.3) is 5.91 Å². The molecule has 104 valence electrons. The van der Waals surface area contributed by atoms with Crippen LogP contribution in [0.5, 0.6) is 5.75 Å². The second kappa shape index (κ2) is 6.50. The van der Waals surface area contributed by atoms with Gasteiger partial charge < -0.3 is 15.8 Å². The highest BCUT2D eigenvalue weighted by Crippen LogP contribution is 2.29. The lowest BCUT2D eigenvalue weighted by atomic mass is 10.3. The smallest absolute Gasteiger partial charge is 0.262 e. The highest BCUT2D eigenvalue weighted by Gasteiger charge is 2.09. The van der Waals surface area contributed by atoms with Crippen molar-refractivity contribution in [1.29, 1.82) is 0 Å². The fraction of sp³-hybridized carbons (Fsp3) is 0.0714. The number of anilines is 2. The summed E-state index contributed by atoms with van der Waals surface area (Å²) in [5.41, 5.74) is 6.62. The Bertz CT molecular complexity index is 632. The topological polar surface area (TPSA) is 64.3 Å². The van der Waals surface area contributed by atoms with E-state index in [4.69, 9.17) is 33.7 Å². The molecule has 0 aromatic heterocycles. The lowest BCUT2D eigenvalue weighted by Crippen LogP contribution is -2.20. The van der Waals surface area contributed by atoms with Gasteiger partial charge in [0.1, 0.15) is 5.75 Å². The molecular weight excluding hydrogens is 299 g/mol. The van der Waals surface area contributed by atoms with Crippen LogP contribution < -0.4 is 15.8 Å². The van der Waals surface area contributed by atoms with Gasteiger partial charge in [0, 0.05) is 0 Å². The third kappa shape index (κ3) is 3.56. The van der Waals surface area contributed by atoms with E-state index in [0.717, 1.165) is 0 Å². The molecule has 0 bridgehead atoms. The molecule has 4 nitrogen and oxygen atoms in total. The van der Waals surface area contributed by atoms with Crippen LogP contribution in [0.4, 0.5) is 11.4 Å². The van der Waals surface area contributed by atoms with E-state index in [9.17, 15) is 4.79 Å². The number of nitrogens with one attached hydrogen (secondary N) is 1. The first kappa shape index (κ1) is 14.5. The van der Waals surface area contributed by atoms with Crippen LogP contribution in [0.25, 0.3) is 0 Å². The summed E-state index contributed by atoms with van der Waals surface area (Å²) in [7, 11) is 0. The third-order valence-electron chi connectivity index (χ3n) is 2.50. The average molecular weight is 311 g/mol. The van der Waals surface area contributed by atoms with Crippen molar-refractivity contribution in [2.24, 2.45) is 0 Å². The van der Waals surface area contributed by atoms with E-state index in [1.54, 1.807) is 42.5 Å². The predicted molar refractivity (Wildman–Crippen MR) is 81.4 cm³/mol. The summed E-state index contributed by atoms with van der Waals surface area (Å²) in [6, 6.07) is 11.9. The van der Waals surface area contributed by atoms with Crippen LogP contribution in [-0.2, 0) is 4.79 Å². The van der Waals surface area contributed by atoms with Gasteiger partial charge in [-0.25, -0.2) is 0 Å². The van der Waals surface area contributed by atoms with Gasteiger partial charge in [-0.3, -0.25) is 4.79 Å². The molecule has 0 spiro atoms. The quantitative estimate of drug-likeness (QED) is 0.848. The largest absolute Gasteiger partial charge is 0.482 e. The highest BCUT2D eigenvalue weighted by molar-refractivity contribution is 6.43. The molecule has 0 radical (unpaired) electrons. The van der Waals surface area contributed by atoms with Crippen LogP contribution in [0.15, 0.2) is 42.5 Å². The first-order chi connectivity index (χ1) is 9.58. The Hall–Kier alpha value is -1.91. The fourth-order valence-electron chi connectivity index (χ4n) is 1.54. The minimum absolute atomic E-state index is 0.170. The molecule has 20 heavy (non-hydrogen) atoms. The van der Waals surface area contributed by atoms with E-state index in [1.165, 1.54) is 0 Å². The van der Waals surface area contributed by atoms with E-state index in [1.807, 2.05) is 0 Å². The van der Waals surface area contributed by atoms with Gasteiger partial charge in [0.2, 0.25) is 0 Å². The number of rotatable bonds is 4. The van der Waals surface area contributed by atoms with Crippen LogP contribution in [-0.4, -0.2) is 12.5 Å². The number of nitrogen functional groups attached to an aromatic ring is 1. The van der Waals surface area contributed by atoms with Crippen molar-refractivity contribution in [1.82, 2.24) is 0 Å². The monoisotopic (exact) mass is 310 g/mol. The summed E-state index contributed by atoms with van der Waals surface area (Å²) < 4.78 is 5.33. The number of amides is 1. The molecule has 0 unspecified atom stereocenters. The van der Waals surface area contributed by atoms with Crippen molar-refractivity contribution >= 4 is 40.5 Å². The summed E-state index contributed by atoms with van der Waals surface area (Å²) in [6.07, 6.45) is 0. The molecule has 1 amide bonds.